The monoisotopic (exact) mass is 682 g/mol. The van der Waals surface area contributed by atoms with Crippen LogP contribution in [-0.4, -0.2) is 50.2 Å². The van der Waals surface area contributed by atoms with Crippen molar-refractivity contribution in [1.82, 2.24) is 0 Å². The maximum Gasteiger partial charge on any atom is 0.343 e. The quantitative estimate of drug-likeness (QED) is 0.0366. The minimum atomic E-state index is -1.22. The summed E-state index contributed by atoms with van der Waals surface area (Å²) in [7, 11) is 1.50. The number of benzene rings is 4. The van der Waals surface area contributed by atoms with Crippen molar-refractivity contribution < 1.29 is 38.3 Å². The lowest BCUT2D eigenvalue weighted by Gasteiger charge is -2.20. The summed E-state index contributed by atoms with van der Waals surface area (Å²) in [5.74, 6) is 2.13. The van der Waals surface area contributed by atoms with Gasteiger partial charge in [0.05, 0.1) is 31.5 Å². The number of carbonyl (C=O) groups excluding carboxylic acids is 1. The number of aryl methyl sites for hydroxylation is 1. The van der Waals surface area contributed by atoms with Gasteiger partial charge in [-0.3, -0.25) is 0 Å². The lowest BCUT2D eigenvalue weighted by Crippen LogP contribution is -2.19. The predicted molar refractivity (Wildman–Crippen MR) is 193 cm³/mol. The van der Waals surface area contributed by atoms with E-state index in [4.69, 9.17) is 28.4 Å². The van der Waals surface area contributed by atoms with Gasteiger partial charge in [-0.1, -0.05) is 51.0 Å². The van der Waals surface area contributed by atoms with Gasteiger partial charge in [-0.25, -0.2) is 4.79 Å². The molecule has 0 spiro atoms. The molecule has 1 saturated carbocycles. The van der Waals surface area contributed by atoms with E-state index in [1.165, 1.54) is 25.5 Å². The molecule has 4 unspecified atom stereocenters. The fourth-order valence-electron chi connectivity index (χ4n) is 6.81. The molecule has 0 aromatic heterocycles. The molecule has 1 heterocycles. The van der Waals surface area contributed by atoms with Crippen molar-refractivity contribution >= 4 is 16.7 Å². The Morgan fingerprint density at radius 2 is 1.72 bits per heavy atom. The summed E-state index contributed by atoms with van der Waals surface area (Å²) in [6.45, 7) is 6.38. The van der Waals surface area contributed by atoms with Gasteiger partial charge in [0.15, 0.2) is 11.5 Å². The largest absolute Gasteiger partial charge is 0.493 e. The maximum absolute atomic E-state index is 13.2. The molecule has 50 heavy (non-hydrogen) atoms. The fraction of sp³-hybridized carbons (Fsp3) is 0.452. The summed E-state index contributed by atoms with van der Waals surface area (Å²) in [6, 6.07) is 22.2. The van der Waals surface area contributed by atoms with Crippen LogP contribution in [0.25, 0.3) is 10.8 Å². The minimum absolute atomic E-state index is 0.249. The summed E-state index contributed by atoms with van der Waals surface area (Å²) in [6.07, 6.45) is 9.17. The Morgan fingerprint density at radius 3 is 2.54 bits per heavy atom. The van der Waals surface area contributed by atoms with E-state index in [9.17, 15) is 9.90 Å². The van der Waals surface area contributed by atoms with E-state index in [1.54, 1.807) is 30.3 Å². The summed E-state index contributed by atoms with van der Waals surface area (Å²) in [4.78, 5) is 13.2. The van der Waals surface area contributed by atoms with E-state index >= 15 is 0 Å². The normalized spacial score (nSPS) is 18.7. The van der Waals surface area contributed by atoms with Gasteiger partial charge in [0.1, 0.15) is 11.5 Å². The molecule has 4 aromatic rings. The first-order chi connectivity index (χ1) is 24.4. The molecule has 2 aliphatic rings. The Morgan fingerprint density at radius 1 is 0.860 bits per heavy atom. The number of aliphatic hydroxyl groups is 1. The second-order valence-electron chi connectivity index (χ2n) is 13.4. The van der Waals surface area contributed by atoms with Crippen LogP contribution < -0.4 is 18.9 Å². The van der Waals surface area contributed by atoms with Crippen LogP contribution in [0.1, 0.15) is 92.1 Å². The summed E-state index contributed by atoms with van der Waals surface area (Å²) in [5, 5.41) is 12.9. The molecule has 1 N–H and O–H groups in total. The first kappa shape index (κ1) is 35.7. The molecule has 0 amide bonds. The molecule has 4 aromatic carbocycles. The number of unbranched alkanes of at least 4 members (excludes halogenated alkanes) is 1. The van der Waals surface area contributed by atoms with Crippen LogP contribution in [0.3, 0.4) is 0 Å². The average Bonchev–Trinajstić information content (AvgIpc) is 3.92. The molecule has 6 rings (SSSR count). The number of fused-ring (bicyclic) bond motifs is 2. The molecule has 1 aliphatic carbocycles. The minimum Gasteiger partial charge on any atom is -0.493 e. The van der Waals surface area contributed by atoms with Gasteiger partial charge < -0.3 is 33.5 Å². The number of epoxide rings is 1. The molecule has 0 bridgehead atoms. The SMILES string of the molecule is CCCCc1cccc(OC(O)c2ccc(OC(=O)c3ccc4cc(OCCCOCC5CCC6OC6C5)ccc4c3)c(OC)c2)c1CCC. The zero-order chi connectivity index (χ0) is 34.9. The Labute approximate surface area is 295 Å². The number of aliphatic hydroxyl groups excluding tert-OH is 1. The third-order valence-electron chi connectivity index (χ3n) is 9.66. The molecular formula is C42H50O8. The van der Waals surface area contributed by atoms with Crippen LogP contribution in [0.5, 0.6) is 23.0 Å². The number of rotatable bonds is 18. The average molecular weight is 683 g/mol. The summed E-state index contributed by atoms with van der Waals surface area (Å²) >= 11 is 0. The van der Waals surface area contributed by atoms with E-state index in [0.717, 1.165) is 73.6 Å². The second-order valence-corrected chi connectivity index (χ2v) is 13.4. The van der Waals surface area contributed by atoms with Crippen LogP contribution in [0.2, 0.25) is 0 Å². The Bertz CT molecular complexity index is 1730. The van der Waals surface area contributed by atoms with Crippen molar-refractivity contribution in [1.29, 1.82) is 0 Å². The van der Waals surface area contributed by atoms with Crippen LogP contribution >= 0.6 is 0 Å². The van der Waals surface area contributed by atoms with Gasteiger partial charge in [-0.2, -0.15) is 0 Å². The van der Waals surface area contributed by atoms with Crippen molar-refractivity contribution in [2.75, 3.05) is 26.9 Å². The van der Waals surface area contributed by atoms with Crippen LogP contribution in [-0.2, 0) is 22.3 Å². The lowest BCUT2D eigenvalue weighted by molar-refractivity contribution is -0.0203. The van der Waals surface area contributed by atoms with Gasteiger partial charge in [0, 0.05) is 25.2 Å². The van der Waals surface area contributed by atoms with Crippen molar-refractivity contribution in [2.45, 2.75) is 90.1 Å². The first-order valence-electron chi connectivity index (χ1n) is 18.2. The van der Waals surface area contributed by atoms with E-state index in [2.05, 4.69) is 19.9 Å². The molecule has 4 atom stereocenters. The zero-order valence-corrected chi connectivity index (χ0v) is 29.5. The highest BCUT2D eigenvalue weighted by Gasteiger charge is 2.43. The van der Waals surface area contributed by atoms with Gasteiger partial charge in [0.2, 0.25) is 6.29 Å². The topological polar surface area (TPSA) is 96.0 Å². The number of carbonyl (C=O) groups is 1. The van der Waals surface area contributed by atoms with Crippen molar-refractivity contribution in [3.05, 3.63) is 95.1 Å². The second kappa shape index (κ2) is 17.2. The highest BCUT2D eigenvalue weighted by molar-refractivity contribution is 5.97. The number of esters is 1. The molecule has 8 nitrogen and oxygen atoms in total. The Hall–Kier alpha value is -4.11. The smallest absolute Gasteiger partial charge is 0.343 e. The Kier molecular flexibility index (Phi) is 12.3. The third kappa shape index (κ3) is 9.16. The van der Waals surface area contributed by atoms with Crippen LogP contribution in [0.15, 0.2) is 72.8 Å². The van der Waals surface area contributed by atoms with Crippen molar-refractivity contribution in [2.24, 2.45) is 5.92 Å². The van der Waals surface area contributed by atoms with Gasteiger partial charge in [-0.15, -0.1) is 0 Å². The first-order valence-corrected chi connectivity index (χ1v) is 18.2. The van der Waals surface area contributed by atoms with E-state index in [-0.39, 0.29) is 5.75 Å². The van der Waals surface area contributed by atoms with Crippen LogP contribution in [0, 0.1) is 5.92 Å². The van der Waals surface area contributed by atoms with Crippen molar-refractivity contribution in [3.8, 4) is 23.0 Å². The predicted octanol–water partition coefficient (Wildman–Crippen LogP) is 8.79. The third-order valence-corrected chi connectivity index (χ3v) is 9.66. The van der Waals surface area contributed by atoms with Gasteiger partial charge >= 0.3 is 5.97 Å². The molecule has 1 aliphatic heterocycles. The molecule has 1 saturated heterocycles. The van der Waals surface area contributed by atoms with Crippen molar-refractivity contribution in [3.63, 3.8) is 0 Å². The fourth-order valence-corrected chi connectivity index (χ4v) is 6.81. The van der Waals surface area contributed by atoms with Crippen LogP contribution in [0.4, 0.5) is 0 Å². The van der Waals surface area contributed by atoms with Gasteiger partial charge in [-0.05, 0) is 115 Å². The number of hydrogen-bond acceptors (Lipinski definition) is 8. The molecule has 0 radical (unpaired) electrons. The van der Waals surface area contributed by atoms with Gasteiger partial charge in [0.25, 0.3) is 0 Å². The van der Waals surface area contributed by atoms with E-state index in [0.29, 0.717) is 54.0 Å². The number of methoxy groups -OCH3 is 1. The Balaban J connectivity index is 1.02. The standard InChI is InChI=1S/C42H50O8/c1-4-6-10-29-11-7-12-36(35(29)9-5-2)49-42(44)33-17-20-37(39(26-33)45-3)50-41(43)32-15-14-31-25-34(18-16-30(31)24-32)47-22-8-21-46-27-28-13-19-38-40(23-28)48-38/h7,11-12,14-18,20,24-26,28,38,40,42,44H,4-6,8-10,13,19,21-23,27H2,1-3H3. The highest BCUT2D eigenvalue weighted by Crippen LogP contribution is 2.39. The molecular weight excluding hydrogens is 632 g/mol. The molecule has 266 valence electrons. The van der Waals surface area contributed by atoms with E-state index in [1.807, 2.05) is 36.4 Å². The van der Waals surface area contributed by atoms with E-state index < -0.39 is 12.3 Å². The summed E-state index contributed by atoms with van der Waals surface area (Å²) in [5.41, 5.74) is 3.29. The molecule has 8 heteroatoms. The number of ether oxygens (including phenoxy) is 6. The maximum atomic E-state index is 13.2. The molecule has 2 fully saturated rings. The lowest BCUT2D eigenvalue weighted by atomic mass is 9.90. The zero-order valence-electron chi connectivity index (χ0n) is 29.5. The number of hydrogen-bond donors (Lipinski definition) is 1. The highest BCUT2D eigenvalue weighted by atomic mass is 16.6. The summed E-state index contributed by atoms with van der Waals surface area (Å²) < 4.78 is 34.9.